The molecule has 0 aliphatic heterocycles. The van der Waals surface area contributed by atoms with E-state index in [0.29, 0.717) is 5.69 Å². The molecule has 0 saturated heterocycles. The number of esters is 1. The largest absolute Gasteiger partial charge is 0.468 e. The van der Waals surface area contributed by atoms with E-state index in [1.165, 1.54) is 19.1 Å². The number of nitrogens with one attached hydrogen (secondary N) is 1. The molecule has 0 unspecified atom stereocenters. The van der Waals surface area contributed by atoms with Crippen LogP contribution in [0.4, 0.5) is 5.13 Å². The number of aromatic nitrogens is 1. The van der Waals surface area contributed by atoms with E-state index in [2.05, 4.69) is 14.4 Å². The van der Waals surface area contributed by atoms with Gasteiger partial charge in [-0.05, 0) is 0 Å². The molecular weight excluding hydrogens is 306 g/mol. The van der Waals surface area contributed by atoms with Crippen LogP contribution in [0.25, 0.3) is 0 Å². The molecule has 1 aromatic rings. The Balaban J connectivity index is 2.60. The van der Waals surface area contributed by atoms with Gasteiger partial charge in [0.1, 0.15) is 6.54 Å². The van der Waals surface area contributed by atoms with Gasteiger partial charge in [-0.1, -0.05) is 0 Å². The Bertz CT molecular complexity index is 596. The van der Waals surface area contributed by atoms with Gasteiger partial charge in [0.05, 0.1) is 25.5 Å². The van der Waals surface area contributed by atoms with E-state index in [1.807, 2.05) is 0 Å². The molecule has 1 amide bonds. The standard InChI is InChI=1S/C10H15N3O5S2/c1-13(5-9(15)18-2)8(14)4-7-6-19-10(11-7)12-20(3,16)17/h6H,4-5H2,1-3H3,(H,11,12). The first kappa shape index (κ1) is 16.4. The highest BCUT2D eigenvalue weighted by atomic mass is 32.2. The third kappa shape index (κ3) is 5.53. The number of carbonyl (C=O) groups is 2. The number of ether oxygens (including phenoxy) is 1. The molecule has 1 rings (SSSR count). The Morgan fingerprint density at radius 2 is 2.15 bits per heavy atom. The minimum atomic E-state index is -3.39. The fraction of sp³-hybridized carbons (Fsp3) is 0.500. The lowest BCUT2D eigenvalue weighted by atomic mass is 10.3. The summed E-state index contributed by atoms with van der Waals surface area (Å²) in [7, 11) is -0.673. The van der Waals surface area contributed by atoms with Gasteiger partial charge in [0.25, 0.3) is 0 Å². The monoisotopic (exact) mass is 321 g/mol. The van der Waals surface area contributed by atoms with E-state index < -0.39 is 16.0 Å². The highest BCUT2D eigenvalue weighted by Gasteiger charge is 2.15. The summed E-state index contributed by atoms with van der Waals surface area (Å²) in [6.45, 7) is -0.145. The SMILES string of the molecule is COC(=O)CN(C)C(=O)Cc1csc(NS(C)(=O)=O)n1. The molecule has 1 aromatic heterocycles. The van der Waals surface area contributed by atoms with Crippen molar-refractivity contribution in [3.63, 3.8) is 0 Å². The van der Waals surface area contributed by atoms with Gasteiger partial charge >= 0.3 is 5.97 Å². The van der Waals surface area contributed by atoms with Gasteiger partial charge in [-0.3, -0.25) is 14.3 Å². The summed E-state index contributed by atoms with van der Waals surface area (Å²) in [6.07, 6.45) is 0.999. The topological polar surface area (TPSA) is 106 Å². The second kappa shape index (κ2) is 6.66. The first-order chi connectivity index (χ1) is 9.21. The third-order valence-electron chi connectivity index (χ3n) is 2.18. The summed E-state index contributed by atoms with van der Waals surface area (Å²) in [5.41, 5.74) is 0.433. The molecular formula is C10H15N3O5S2. The summed E-state index contributed by atoms with van der Waals surface area (Å²) in [5.74, 6) is -0.829. The number of methoxy groups -OCH3 is 1. The molecule has 0 aliphatic carbocycles. The van der Waals surface area contributed by atoms with Gasteiger partial charge in [0.2, 0.25) is 15.9 Å². The molecule has 1 heterocycles. The molecule has 0 aliphatic rings. The van der Waals surface area contributed by atoms with E-state index in [9.17, 15) is 18.0 Å². The molecule has 0 saturated carbocycles. The van der Waals surface area contributed by atoms with Gasteiger partial charge in [-0.15, -0.1) is 11.3 Å². The van der Waals surface area contributed by atoms with Crippen LogP contribution in [0.2, 0.25) is 0 Å². The number of anilines is 1. The van der Waals surface area contributed by atoms with Crippen molar-refractivity contribution in [1.82, 2.24) is 9.88 Å². The first-order valence-electron chi connectivity index (χ1n) is 5.44. The van der Waals surface area contributed by atoms with Crippen molar-refractivity contribution in [2.24, 2.45) is 0 Å². The predicted octanol–water partition coefficient (Wildman–Crippen LogP) is -0.312. The molecule has 0 fully saturated rings. The Morgan fingerprint density at radius 3 is 2.70 bits per heavy atom. The van der Waals surface area contributed by atoms with Crippen LogP contribution >= 0.6 is 11.3 Å². The number of sulfonamides is 1. The second-order valence-electron chi connectivity index (χ2n) is 4.02. The van der Waals surface area contributed by atoms with Crippen molar-refractivity contribution in [2.75, 3.05) is 31.7 Å². The van der Waals surface area contributed by atoms with Crippen molar-refractivity contribution in [1.29, 1.82) is 0 Å². The maximum absolute atomic E-state index is 11.8. The minimum absolute atomic E-state index is 0.0184. The van der Waals surface area contributed by atoms with Crippen molar-refractivity contribution in [3.05, 3.63) is 11.1 Å². The molecule has 10 heteroatoms. The fourth-order valence-electron chi connectivity index (χ4n) is 1.23. The first-order valence-corrected chi connectivity index (χ1v) is 8.21. The van der Waals surface area contributed by atoms with Crippen LogP contribution < -0.4 is 4.72 Å². The molecule has 0 aromatic carbocycles. The number of nitrogens with zero attached hydrogens (tertiary/aromatic N) is 2. The average Bonchev–Trinajstić information content (AvgIpc) is 2.73. The lowest BCUT2D eigenvalue weighted by Gasteiger charge is -2.14. The number of carbonyl (C=O) groups excluding carboxylic acids is 2. The van der Waals surface area contributed by atoms with Gasteiger partial charge in [-0.25, -0.2) is 13.4 Å². The van der Waals surface area contributed by atoms with Crippen LogP contribution in [0.5, 0.6) is 0 Å². The lowest BCUT2D eigenvalue weighted by molar-refractivity contribution is -0.145. The molecule has 112 valence electrons. The second-order valence-corrected chi connectivity index (χ2v) is 6.63. The van der Waals surface area contributed by atoms with Crippen LogP contribution in [0.15, 0.2) is 5.38 Å². The molecule has 0 spiro atoms. The van der Waals surface area contributed by atoms with Crippen LogP contribution in [0.3, 0.4) is 0 Å². The molecule has 0 radical (unpaired) electrons. The van der Waals surface area contributed by atoms with Crippen molar-refractivity contribution >= 4 is 38.4 Å². The maximum atomic E-state index is 11.8. The predicted molar refractivity (Wildman–Crippen MR) is 73.9 cm³/mol. The van der Waals surface area contributed by atoms with Crippen LogP contribution in [-0.4, -0.2) is 57.1 Å². The van der Waals surface area contributed by atoms with Crippen molar-refractivity contribution in [3.8, 4) is 0 Å². The van der Waals surface area contributed by atoms with E-state index in [-0.39, 0.29) is 24.0 Å². The molecule has 8 nitrogen and oxygen atoms in total. The lowest BCUT2D eigenvalue weighted by Crippen LogP contribution is -2.33. The van der Waals surface area contributed by atoms with Crippen LogP contribution in [-0.2, 0) is 30.8 Å². The quantitative estimate of drug-likeness (QED) is 0.720. The molecule has 0 atom stereocenters. The maximum Gasteiger partial charge on any atom is 0.325 e. The average molecular weight is 321 g/mol. The smallest absolute Gasteiger partial charge is 0.325 e. The number of likely N-dealkylation sites (N-methyl/N-ethyl adjacent to an activating group) is 1. The summed E-state index contributed by atoms with van der Waals surface area (Å²) in [5, 5.41) is 1.78. The van der Waals surface area contributed by atoms with Crippen LogP contribution in [0, 0.1) is 0 Å². The van der Waals surface area contributed by atoms with E-state index in [0.717, 1.165) is 17.6 Å². The van der Waals surface area contributed by atoms with Crippen molar-refractivity contribution in [2.45, 2.75) is 6.42 Å². The number of rotatable bonds is 6. The van der Waals surface area contributed by atoms with Crippen LogP contribution in [0.1, 0.15) is 5.69 Å². The molecule has 0 bridgehead atoms. The Hall–Kier alpha value is -1.68. The third-order valence-corrected chi connectivity index (χ3v) is 3.68. The summed E-state index contributed by atoms with van der Waals surface area (Å²) in [6, 6.07) is 0. The van der Waals surface area contributed by atoms with Crippen molar-refractivity contribution < 1.29 is 22.7 Å². The zero-order valence-electron chi connectivity index (χ0n) is 11.2. The van der Waals surface area contributed by atoms with Gasteiger partial charge in [0, 0.05) is 12.4 Å². The Morgan fingerprint density at radius 1 is 1.50 bits per heavy atom. The van der Waals surface area contributed by atoms with Gasteiger partial charge < -0.3 is 9.64 Å². The minimum Gasteiger partial charge on any atom is -0.468 e. The van der Waals surface area contributed by atoms with E-state index in [1.54, 1.807) is 5.38 Å². The van der Waals surface area contributed by atoms with E-state index >= 15 is 0 Å². The van der Waals surface area contributed by atoms with Gasteiger partial charge in [0.15, 0.2) is 5.13 Å². The Labute approximate surface area is 120 Å². The summed E-state index contributed by atoms with van der Waals surface area (Å²) in [4.78, 5) is 28.0. The molecule has 1 N–H and O–H groups in total. The zero-order chi connectivity index (χ0) is 15.3. The fourth-order valence-corrected chi connectivity index (χ4v) is 2.79. The number of hydrogen-bond acceptors (Lipinski definition) is 7. The van der Waals surface area contributed by atoms with Gasteiger partial charge in [-0.2, -0.15) is 0 Å². The van der Waals surface area contributed by atoms with E-state index in [4.69, 9.17) is 0 Å². The summed E-state index contributed by atoms with van der Waals surface area (Å²) >= 11 is 1.08. The highest BCUT2D eigenvalue weighted by Crippen LogP contribution is 2.17. The summed E-state index contributed by atoms with van der Waals surface area (Å²) < 4.78 is 28.7. The number of amides is 1. The molecule has 20 heavy (non-hydrogen) atoms. The highest BCUT2D eigenvalue weighted by molar-refractivity contribution is 7.92. The zero-order valence-corrected chi connectivity index (χ0v) is 12.9. The number of thiazole rings is 1. The number of hydrogen-bond donors (Lipinski definition) is 1. The normalized spacial score (nSPS) is 10.9. The Kier molecular flexibility index (Phi) is 5.45.